The van der Waals surface area contributed by atoms with Crippen molar-refractivity contribution in [3.8, 4) is 5.95 Å². The van der Waals surface area contributed by atoms with Crippen LogP contribution in [0.2, 0.25) is 0 Å². The Morgan fingerprint density at radius 3 is 2.44 bits per heavy atom. The molecule has 0 bridgehead atoms. The number of rotatable bonds is 5. The van der Waals surface area contributed by atoms with Gasteiger partial charge >= 0.3 is 0 Å². The fourth-order valence-corrected chi connectivity index (χ4v) is 3.34. The van der Waals surface area contributed by atoms with E-state index < -0.39 is 0 Å². The molecule has 3 heterocycles. The number of piperazine rings is 1. The van der Waals surface area contributed by atoms with Gasteiger partial charge in [0.2, 0.25) is 0 Å². The van der Waals surface area contributed by atoms with E-state index in [2.05, 4.69) is 67.4 Å². The van der Waals surface area contributed by atoms with Crippen LogP contribution in [-0.4, -0.2) is 57.4 Å². The molecule has 0 spiro atoms. The molecule has 6 heteroatoms. The highest BCUT2D eigenvalue weighted by atomic mass is 15.3. The SMILES string of the molecule is Cc1c(C=CCN2CCN(c3ccccc3)CC2)cnn1-c1ncccn1. The second-order valence-corrected chi connectivity index (χ2v) is 6.67. The highest BCUT2D eigenvalue weighted by Crippen LogP contribution is 2.16. The van der Waals surface area contributed by atoms with Crippen molar-refractivity contribution >= 4 is 11.8 Å². The Kier molecular flexibility index (Phi) is 5.25. The molecular weight excluding hydrogens is 336 g/mol. The Balaban J connectivity index is 1.32. The monoisotopic (exact) mass is 360 g/mol. The Morgan fingerprint density at radius 2 is 1.70 bits per heavy atom. The molecule has 0 amide bonds. The average molecular weight is 360 g/mol. The van der Waals surface area contributed by atoms with E-state index in [1.54, 1.807) is 23.1 Å². The van der Waals surface area contributed by atoms with Gasteiger partial charge in [0.1, 0.15) is 0 Å². The zero-order chi connectivity index (χ0) is 18.5. The fraction of sp³-hybridized carbons (Fsp3) is 0.286. The molecule has 138 valence electrons. The van der Waals surface area contributed by atoms with Crippen LogP contribution in [0.3, 0.4) is 0 Å². The van der Waals surface area contributed by atoms with Crippen molar-refractivity contribution in [3.05, 3.63) is 72.3 Å². The maximum atomic E-state index is 4.42. The van der Waals surface area contributed by atoms with Gasteiger partial charge in [-0.15, -0.1) is 0 Å². The summed E-state index contributed by atoms with van der Waals surface area (Å²) in [6, 6.07) is 12.5. The van der Waals surface area contributed by atoms with Crippen molar-refractivity contribution in [3.63, 3.8) is 0 Å². The van der Waals surface area contributed by atoms with Crippen molar-refractivity contribution in [2.45, 2.75) is 6.92 Å². The summed E-state index contributed by atoms with van der Waals surface area (Å²) < 4.78 is 1.78. The lowest BCUT2D eigenvalue weighted by molar-refractivity contribution is 0.284. The summed E-state index contributed by atoms with van der Waals surface area (Å²) >= 11 is 0. The molecule has 2 aromatic heterocycles. The molecule has 0 aliphatic carbocycles. The average Bonchev–Trinajstić information content (AvgIpc) is 3.10. The fourth-order valence-electron chi connectivity index (χ4n) is 3.34. The van der Waals surface area contributed by atoms with Gasteiger partial charge in [0, 0.05) is 56.4 Å². The first-order valence-corrected chi connectivity index (χ1v) is 9.32. The van der Waals surface area contributed by atoms with Gasteiger partial charge in [0.25, 0.3) is 5.95 Å². The molecule has 1 aromatic carbocycles. The zero-order valence-electron chi connectivity index (χ0n) is 15.6. The summed E-state index contributed by atoms with van der Waals surface area (Å²) in [4.78, 5) is 13.5. The van der Waals surface area contributed by atoms with Crippen molar-refractivity contribution in [1.29, 1.82) is 0 Å². The van der Waals surface area contributed by atoms with E-state index in [9.17, 15) is 0 Å². The van der Waals surface area contributed by atoms with Crippen molar-refractivity contribution in [2.24, 2.45) is 0 Å². The van der Waals surface area contributed by atoms with Gasteiger partial charge < -0.3 is 4.90 Å². The lowest BCUT2D eigenvalue weighted by Gasteiger charge is -2.35. The van der Waals surface area contributed by atoms with Gasteiger partial charge in [-0.05, 0) is 25.1 Å². The van der Waals surface area contributed by atoms with Crippen molar-refractivity contribution < 1.29 is 0 Å². The van der Waals surface area contributed by atoms with Gasteiger partial charge in [-0.1, -0.05) is 30.4 Å². The van der Waals surface area contributed by atoms with Crippen LogP contribution < -0.4 is 4.90 Å². The van der Waals surface area contributed by atoms with E-state index in [0.717, 1.165) is 44.0 Å². The number of benzene rings is 1. The first-order chi connectivity index (χ1) is 13.3. The largest absolute Gasteiger partial charge is 0.369 e. The lowest BCUT2D eigenvalue weighted by Crippen LogP contribution is -2.46. The van der Waals surface area contributed by atoms with E-state index in [4.69, 9.17) is 0 Å². The summed E-state index contributed by atoms with van der Waals surface area (Å²) in [5.41, 5.74) is 3.47. The summed E-state index contributed by atoms with van der Waals surface area (Å²) in [6.07, 6.45) is 9.70. The van der Waals surface area contributed by atoms with Gasteiger partial charge in [0.05, 0.1) is 11.9 Å². The molecule has 27 heavy (non-hydrogen) atoms. The van der Waals surface area contributed by atoms with Gasteiger partial charge in [-0.2, -0.15) is 5.10 Å². The molecule has 0 radical (unpaired) electrons. The van der Waals surface area contributed by atoms with Crippen LogP contribution in [0.15, 0.2) is 61.1 Å². The second kappa shape index (κ2) is 8.14. The molecule has 0 atom stereocenters. The molecule has 1 saturated heterocycles. The van der Waals surface area contributed by atoms with Crippen LogP contribution in [0, 0.1) is 6.92 Å². The number of anilines is 1. The molecule has 1 fully saturated rings. The smallest absolute Gasteiger partial charge is 0.250 e. The van der Waals surface area contributed by atoms with Crippen LogP contribution in [0.25, 0.3) is 12.0 Å². The molecule has 6 nitrogen and oxygen atoms in total. The molecule has 1 aliphatic heterocycles. The highest BCUT2D eigenvalue weighted by Gasteiger charge is 2.16. The van der Waals surface area contributed by atoms with Crippen molar-refractivity contribution in [2.75, 3.05) is 37.6 Å². The van der Waals surface area contributed by atoms with Crippen LogP contribution in [0.5, 0.6) is 0 Å². The highest BCUT2D eigenvalue weighted by molar-refractivity contribution is 5.52. The van der Waals surface area contributed by atoms with E-state index >= 15 is 0 Å². The first kappa shape index (κ1) is 17.4. The maximum absolute atomic E-state index is 4.42. The number of para-hydroxylation sites is 1. The minimum absolute atomic E-state index is 0.603. The third-order valence-electron chi connectivity index (χ3n) is 4.94. The molecule has 4 rings (SSSR count). The molecular formula is C21H24N6. The first-order valence-electron chi connectivity index (χ1n) is 9.32. The van der Waals surface area contributed by atoms with Gasteiger partial charge in [0.15, 0.2) is 0 Å². The quantitative estimate of drug-likeness (QED) is 0.700. The molecule has 0 unspecified atom stereocenters. The number of hydrogen-bond donors (Lipinski definition) is 0. The third kappa shape index (κ3) is 4.06. The Labute approximate surface area is 159 Å². The summed E-state index contributed by atoms with van der Waals surface area (Å²) in [5.74, 6) is 0.603. The normalized spacial score (nSPS) is 15.5. The lowest BCUT2D eigenvalue weighted by atomic mass is 10.2. The Hall–Kier alpha value is -2.99. The summed E-state index contributed by atoms with van der Waals surface area (Å²) in [6.45, 7) is 7.29. The second-order valence-electron chi connectivity index (χ2n) is 6.67. The van der Waals surface area contributed by atoms with Crippen molar-refractivity contribution in [1.82, 2.24) is 24.6 Å². The predicted octanol–water partition coefficient (Wildman–Crippen LogP) is 2.81. The van der Waals surface area contributed by atoms with E-state index in [0.29, 0.717) is 5.95 Å². The Bertz CT molecular complexity index is 880. The van der Waals surface area contributed by atoms with Gasteiger partial charge in [-0.25, -0.2) is 14.6 Å². The minimum Gasteiger partial charge on any atom is -0.369 e. The zero-order valence-corrected chi connectivity index (χ0v) is 15.6. The number of nitrogens with zero attached hydrogens (tertiary/aromatic N) is 6. The minimum atomic E-state index is 0.603. The molecule has 0 saturated carbocycles. The maximum Gasteiger partial charge on any atom is 0.250 e. The van der Waals surface area contributed by atoms with E-state index in [1.165, 1.54) is 5.69 Å². The van der Waals surface area contributed by atoms with Gasteiger partial charge in [-0.3, -0.25) is 4.90 Å². The Morgan fingerprint density at radius 1 is 0.963 bits per heavy atom. The number of hydrogen-bond acceptors (Lipinski definition) is 5. The summed E-state index contributed by atoms with van der Waals surface area (Å²) in [5, 5.41) is 4.42. The molecule has 1 aliphatic rings. The standard InChI is InChI=1S/C21H24N6/c1-18-19(17-24-27(18)21-22-10-6-11-23-21)7-5-12-25-13-15-26(16-14-25)20-8-3-2-4-9-20/h2-11,17H,12-16H2,1H3. The topological polar surface area (TPSA) is 50.1 Å². The van der Waals surface area contributed by atoms with Crippen LogP contribution in [0.4, 0.5) is 5.69 Å². The van der Waals surface area contributed by atoms with E-state index in [-0.39, 0.29) is 0 Å². The summed E-state index contributed by atoms with van der Waals surface area (Å²) in [7, 11) is 0. The molecule has 3 aromatic rings. The third-order valence-corrected chi connectivity index (χ3v) is 4.94. The molecule has 0 N–H and O–H groups in total. The predicted molar refractivity (Wildman–Crippen MR) is 108 cm³/mol. The number of aromatic nitrogens is 4. The van der Waals surface area contributed by atoms with E-state index in [1.807, 2.05) is 13.1 Å². The van der Waals surface area contributed by atoms with Crippen LogP contribution in [0.1, 0.15) is 11.3 Å². The van der Waals surface area contributed by atoms with Crippen LogP contribution in [-0.2, 0) is 0 Å². The van der Waals surface area contributed by atoms with Crippen LogP contribution >= 0.6 is 0 Å².